The van der Waals surface area contributed by atoms with Crippen LogP contribution in [-0.2, 0) is 11.8 Å². The summed E-state index contributed by atoms with van der Waals surface area (Å²) in [6, 6.07) is 8.93. The third-order valence-electron chi connectivity index (χ3n) is 3.57. The van der Waals surface area contributed by atoms with Crippen molar-refractivity contribution in [3.8, 4) is 0 Å². The monoisotopic (exact) mass is 326 g/mol. The van der Waals surface area contributed by atoms with Crippen LogP contribution < -0.4 is 5.73 Å². The molecule has 0 bridgehead atoms. The highest BCUT2D eigenvalue weighted by atomic mass is 35.5. The average Bonchev–Trinajstić information content (AvgIpc) is 2.71. The molecular weight excluding hydrogens is 317 g/mol. The third kappa shape index (κ3) is 2.15. The number of rotatable bonds is 1. The van der Waals surface area contributed by atoms with Crippen molar-refractivity contribution in [3.05, 3.63) is 64.2 Å². The summed E-state index contributed by atoms with van der Waals surface area (Å²) in [6.07, 6.45) is -4.52. The first-order valence-corrected chi connectivity index (χ1v) is 6.65. The van der Waals surface area contributed by atoms with Gasteiger partial charge in [0.1, 0.15) is 5.84 Å². The Morgan fingerprint density at radius 1 is 1.14 bits per heavy atom. The molecule has 0 fully saturated rings. The number of benzene rings is 2. The summed E-state index contributed by atoms with van der Waals surface area (Å²) >= 11 is 5.91. The number of alkyl halides is 3. The van der Waals surface area contributed by atoms with Crippen molar-refractivity contribution < 1.29 is 18.3 Å². The standard InChI is InChI=1S/C15H10ClF3N2O/c16-10-4-5-12-11(7-10)14(22,13(20)21-12)8-2-1-3-9(6-8)15(17,18)19/h1-7,22H,(H2,20,21). The molecular formula is C15H10ClF3N2O. The van der Waals surface area contributed by atoms with Crippen LogP contribution in [0.4, 0.5) is 18.9 Å². The first-order valence-electron chi connectivity index (χ1n) is 6.27. The normalized spacial score (nSPS) is 20.7. The second-order valence-electron chi connectivity index (χ2n) is 4.95. The van der Waals surface area contributed by atoms with E-state index in [1.807, 2.05) is 0 Å². The van der Waals surface area contributed by atoms with Gasteiger partial charge in [-0.1, -0.05) is 23.7 Å². The van der Waals surface area contributed by atoms with E-state index >= 15 is 0 Å². The van der Waals surface area contributed by atoms with Gasteiger partial charge in [0.15, 0.2) is 5.60 Å². The predicted molar refractivity (Wildman–Crippen MR) is 77.2 cm³/mol. The fourth-order valence-corrected chi connectivity index (χ4v) is 2.64. The number of amidine groups is 1. The van der Waals surface area contributed by atoms with Gasteiger partial charge in [-0.15, -0.1) is 0 Å². The topological polar surface area (TPSA) is 58.6 Å². The van der Waals surface area contributed by atoms with Crippen LogP contribution in [0.2, 0.25) is 5.02 Å². The van der Waals surface area contributed by atoms with E-state index in [4.69, 9.17) is 17.3 Å². The minimum atomic E-state index is -4.52. The number of aliphatic hydroxyl groups is 1. The van der Waals surface area contributed by atoms with Crippen molar-refractivity contribution in [2.24, 2.45) is 10.7 Å². The molecule has 0 saturated carbocycles. The van der Waals surface area contributed by atoms with E-state index in [1.54, 1.807) is 12.1 Å². The Labute approximate surface area is 128 Å². The summed E-state index contributed by atoms with van der Waals surface area (Å²) in [7, 11) is 0. The molecule has 1 heterocycles. The summed E-state index contributed by atoms with van der Waals surface area (Å²) in [5, 5.41) is 11.2. The van der Waals surface area contributed by atoms with E-state index in [2.05, 4.69) is 4.99 Å². The van der Waals surface area contributed by atoms with Gasteiger partial charge in [0.05, 0.1) is 11.3 Å². The maximum atomic E-state index is 12.9. The lowest BCUT2D eigenvalue weighted by Gasteiger charge is -2.25. The zero-order valence-electron chi connectivity index (χ0n) is 11.0. The molecule has 0 aromatic heterocycles. The molecule has 1 aliphatic heterocycles. The zero-order valence-corrected chi connectivity index (χ0v) is 11.8. The minimum Gasteiger partial charge on any atom is -0.384 e. The number of aliphatic imine (C=N–C) groups is 1. The van der Waals surface area contributed by atoms with E-state index in [9.17, 15) is 18.3 Å². The molecule has 3 N–H and O–H groups in total. The summed E-state index contributed by atoms with van der Waals surface area (Å²) in [6.45, 7) is 0. The Morgan fingerprint density at radius 2 is 1.86 bits per heavy atom. The molecule has 1 atom stereocenters. The van der Waals surface area contributed by atoms with Gasteiger partial charge in [0.25, 0.3) is 0 Å². The van der Waals surface area contributed by atoms with E-state index in [-0.39, 0.29) is 17.0 Å². The van der Waals surface area contributed by atoms with E-state index in [0.717, 1.165) is 12.1 Å². The maximum absolute atomic E-state index is 12.9. The number of hydrogen-bond donors (Lipinski definition) is 2. The Morgan fingerprint density at radius 3 is 2.55 bits per heavy atom. The van der Waals surface area contributed by atoms with Gasteiger partial charge in [-0.05, 0) is 35.9 Å². The van der Waals surface area contributed by atoms with Crippen molar-refractivity contribution in [2.45, 2.75) is 11.8 Å². The van der Waals surface area contributed by atoms with Gasteiger partial charge in [-0.2, -0.15) is 13.2 Å². The fourth-order valence-electron chi connectivity index (χ4n) is 2.47. The van der Waals surface area contributed by atoms with Crippen LogP contribution in [0.25, 0.3) is 0 Å². The summed E-state index contributed by atoms with van der Waals surface area (Å²) in [5.41, 5.74) is 3.61. The van der Waals surface area contributed by atoms with E-state index in [0.29, 0.717) is 10.7 Å². The molecule has 0 radical (unpaired) electrons. The smallest absolute Gasteiger partial charge is 0.384 e. The Balaban J connectivity index is 2.20. The minimum absolute atomic E-state index is 0.00964. The summed E-state index contributed by atoms with van der Waals surface area (Å²) in [4.78, 5) is 4.02. The Hall–Kier alpha value is -2.05. The second-order valence-corrected chi connectivity index (χ2v) is 5.38. The maximum Gasteiger partial charge on any atom is 0.416 e. The van der Waals surface area contributed by atoms with Gasteiger partial charge in [0.2, 0.25) is 0 Å². The molecule has 1 aliphatic rings. The molecule has 0 saturated heterocycles. The Bertz CT molecular complexity index is 789. The highest BCUT2D eigenvalue weighted by Gasteiger charge is 2.43. The SMILES string of the molecule is NC1=Nc2ccc(Cl)cc2C1(O)c1cccc(C(F)(F)F)c1. The molecule has 22 heavy (non-hydrogen) atoms. The molecule has 1 unspecified atom stereocenters. The number of halogens is 4. The predicted octanol–water partition coefficient (Wildman–Crippen LogP) is 3.60. The van der Waals surface area contributed by atoms with Gasteiger partial charge in [0, 0.05) is 10.6 Å². The van der Waals surface area contributed by atoms with Crippen LogP contribution in [0.15, 0.2) is 47.5 Å². The summed E-state index contributed by atoms with van der Waals surface area (Å²) < 4.78 is 38.6. The highest BCUT2D eigenvalue weighted by Crippen LogP contribution is 2.43. The molecule has 2 aromatic rings. The van der Waals surface area contributed by atoms with Crippen LogP contribution in [-0.4, -0.2) is 10.9 Å². The molecule has 3 rings (SSSR count). The quantitative estimate of drug-likeness (QED) is 0.841. The van der Waals surface area contributed by atoms with E-state index < -0.39 is 17.3 Å². The Kier molecular flexibility index (Phi) is 3.19. The van der Waals surface area contributed by atoms with Gasteiger partial charge < -0.3 is 10.8 Å². The lowest BCUT2D eigenvalue weighted by atomic mass is 9.85. The molecule has 7 heteroatoms. The van der Waals surface area contributed by atoms with Crippen molar-refractivity contribution >= 4 is 23.1 Å². The molecule has 0 aliphatic carbocycles. The molecule has 0 amide bonds. The van der Waals surface area contributed by atoms with Crippen molar-refractivity contribution in [2.75, 3.05) is 0 Å². The van der Waals surface area contributed by atoms with Gasteiger partial charge in [-0.3, -0.25) is 0 Å². The fraction of sp³-hybridized carbons (Fsp3) is 0.133. The number of nitrogens with zero attached hydrogens (tertiary/aromatic N) is 1. The number of hydrogen-bond acceptors (Lipinski definition) is 3. The van der Waals surface area contributed by atoms with Crippen molar-refractivity contribution in [3.63, 3.8) is 0 Å². The molecule has 3 nitrogen and oxygen atoms in total. The summed E-state index contributed by atoms with van der Waals surface area (Å²) in [5.74, 6) is -0.191. The van der Waals surface area contributed by atoms with Gasteiger partial charge >= 0.3 is 6.18 Å². The van der Waals surface area contributed by atoms with Crippen LogP contribution in [0.5, 0.6) is 0 Å². The number of fused-ring (bicyclic) bond motifs is 1. The number of nitrogens with two attached hydrogens (primary N) is 1. The van der Waals surface area contributed by atoms with Crippen molar-refractivity contribution in [1.82, 2.24) is 0 Å². The first kappa shape index (κ1) is 14.9. The van der Waals surface area contributed by atoms with Gasteiger partial charge in [-0.25, -0.2) is 4.99 Å². The molecule has 114 valence electrons. The molecule has 0 spiro atoms. The lowest BCUT2D eigenvalue weighted by molar-refractivity contribution is -0.137. The first-order chi connectivity index (χ1) is 10.2. The third-order valence-corrected chi connectivity index (χ3v) is 3.80. The average molecular weight is 327 g/mol. The van der Waals surface area contributed by atoms with Crippen LogP contribution in [0.1, 0.15) is 16.7 Å². The zero-order chi connectivity index (χ0) is 16.1. The van der Waals surface area contributed by atoms with E-state index in [1.165, 1.54) is 18.2 Å². The van der Waals surface area contributed by atoms with Crippen molar-refractivity contribution in [1.29, 1.82) is 0 Å². The highest BCUT2D eigenvalue weighted by molar-refractivity contribution is 6.30. The van der Waals surface area contributed by atoms with Crippen LogP contribution >= 0.6 is 11.6 Å². The largest absolute Gasteiger partial charge is 0.416 e. The van der Waals surface area contributed by atoms with Crippen LogP contribution in [0, 0.1) is 0 Å². The lowest BCUT2D eigenvalue weighted by Crippen LogP contribution is -2.39. The van der Waals surface area contributed by atoms with Crippen LogP contribution in [0.3, 0.4) is 0 Å². The molecule has 2 aromatic carbocycles. The second kappa shape index (κ2) is 4.72.